The summed E-state index contributed by atoms with van der Waals surface area (Å²) in [7, 11) is 0. The minimum absolute atomic E-state index is 0. The first-order chi connectivity index (χ1) is 15.2. The first-order valence-corrected chi connectivity index (χ1v) is 11.1. The molecule has 2 heterocycles. The highest BCUT2D eigenvalue weighted by atomic mass is 35.5. The summed E-state index contributed by atoms with van der Waals surface area (Å²) in [5.74, 6) is -0.411. The number of carboxylic acid groups (broad SMARTS) is 1. The number of nitrogen functional groups attached to an aromatic ring is 1. The lowest BCUT2D eigenvalue weighted by Crippen LogP contribution is -2.36. The van der Waals surface area contributed by atoms with E-state index in [1.54, 1.807) is 6.07 Å². The van der Waals surface area contributed by atoms with Gasteiger partial charge < -0.3 is 20.5 Å². The molecule has 1 aliphatic heterocycles. The van der Waals surface area contributed by atoms with Gasteiger partial charge in [0.2, 0.25) is 0 Å². The number of ether oxygens (including phenoxy) is 1. The zero-order chi connectivity index (χ0) is 22.9. The monoisotopic (exact) mass is 469 g/mol. The Labute approximate surface area is 201 Å². The molecule has 0 spiro atoms. The maximum atomic E-state index is 12.1. The fourth-order valence-corrected chi connectivity index (χ4v) is 4.23. The number of anilines is 2. The van der Waals surface area contributed by atoms with Crippen LogP contribution in [0.4, 0.5) is 11.5 Å². The molecular weight excluding hydrogens is 438 g/mol. The minimum atomic E-state index is -0.915. The van der Waals surface area contributed by atoms with Gasteiger partial charge in [-0.15, -0.1) is 12.4 Å². The third-order valence-corrected chi connectivity index (χ3v) is 5.99. The molecule has 3 N–H and O–H groups in total. The van der Waals surface area contributed by atoms with Gasteiger partial charge in [-0.2, -0.15) is 0 Å². The van der Waals surface area contributed by atoms with Crippen molar-refractivity contribution in [3.8, 4) is 11.1 Å². The lowest BCUT2D eigenvalue weighted by Gasteiger charge is -2.29. The van der Waals surface area contributed by atoms with Crippen LogP contribution in [0.25, 0.3) is 22.0 Å². The number of carboxylic acids is 1. The number of halogens is 1. The third-order valence-electron chi connectivity index (χ3n) is 5.99. The van der Waals surface area contributed by atoms with Gasteiger partial charge in [0.15, 0.2) is 0 Å². The topological polar surface area (TPSA) is 88.7 Å². The Kier molecular flexibility index (Phi) is 7.50. The van der Waals surface area contributed by atoms with E-state index in [1.165, 1.54) is 0 Å². The number of morpholine rings is 1. The van der Waals surface area contributed by atoms with Crippen LogP contribution in [0.2, 0.25) is 0 Å². The van der Waals surface area contributed by atoms with Crippen LogP contribution in [0.5, 0.6) is 0 Å². The van der Waals surface area contributed by atoms with E-state index in [1.807, 2.05) is 30.3 Å². The molecule has 4 rings (SSSR count). The molecule has 3 aromatic rings. The Morgan fingerprint density at radius 1 is 1.15 bits per heavy atom. The Bertz CT molecular complexity index is 1150. The number of aromatic nitrogens is 1. The molecule has 1 fully saturated rings. The smallest absolute Gasteiger partial charge is 0.336 e. The molecule has 0 unspecified atom stereocenters. The van der Waals surface area contributed by atoms with Crippen LogP contribution in [0.15, 0.2) is 42.5 Å². The number of hydrogen-bond acceptors (Lipinski definition) is 5. The third kappa shape index (κ3) is 5.57. The van der Waals surface area contributed by atoms with E-state index in [0.717, 1.165) is 59.2 Å². The molecule has 7 heteroatoms. The van der Waals surface area contributed by atoms with E-state index in [-0.39, 0.29) is 17.8 Å². The molecular formula is C26H32ClN3O3. The van der Waals surface area contributed by atoms with Gasteiger partial charge in [-0.25, -0.2) is 9.78 Å². The Morgan fingerprint density at radius 3 is 2.55 bits per heavy atom. The van der Waals surface area contributed by atoms with Crippen molar-refractivity contribution < 1.29 is 14.6 Å². The van der Waals surface area contributed by atoms with E-state index >= 15 is 0 Å². The van der Waals surface area contributed by atoms with Crippen molar-refractivity contribution in [2.45, 2.75) is 33.6 Å². The van der Waals surface area contributed by atoms with E-state index in [4.69, 9.17) is 10.5 Å². The van der Waals surface area contributed by atoms with Crippen LogP contribution in [0, 0.1) is 5.41 Å². The van der Waals surface area contributed by atoms with Crippen molar-refractivity contribution in [1.29, 1.82) is 0 Å². The lowest BCUT2D eigenvalue weighted by molar-refractivity contribution is 0.0697. The van der Waals surface area contributed by atoms with E-state index in [9.17, 15) is 9.90 Å². The number of nitrogens with zero attached hydrogens (tertiary/aromatic N) is 2. The van der Waals surface area contributed by atoms with Crippen LogP contribution in [-0.4, -0.2) is 42.4 Å². The molecule has 2 aromatic carbocycles. The van der Waals surface area contributed by atoms with E-state index in [2.05, 4.69) is 36.7 Å². The van der Waals surface area contributed by atoms with Crippen molar-refractivity contribution in [1.82, 2.24) is 4.98 Å². The van der Waals surface area contributed by atoms with E-state index in [0.29, 0.717) is 24.6 Å². The second-order valence-corrected chi connectivity index (χ2v) is 9.61. The molecule has 176 valence electrons. The standard InChI is InChI=1S/C26H31N3O3.ClH/c1-26(2,3)10-9-17-5-4-6-20(25(30)31)23(17)18-7-8-21-19(15-18)16-22(24(27)28-21)29-11-13-32-14-12-29;/h4-8,15-16H,9-14H2,1-3H3,(H2,27,28)(H,30,31);1H. The summed E-state index contributed by atoms with van der Waals surface area (Å²) < 4.78 is 5.46. The molecule has 1 aromatic heterocycles. The highest BCUT2D eigenvalue weighted by Gasteiger charge is 2.20. The number of fused-ring (bicyclic) bond motifs is 1. The zero-order valence-electron chi connectivity index (χ0n) is 19.4. The minimum Gasteiger partial charge on any atom is -0.478 e. The fraction of sp³-hybridized carbons (Fsp3) is 0.385. The first-order valence-electron chi connectivity index (χ1n) is 11.1. The second kappa shape index (κ2) is 9.98. The van der Waals surface area contributed by atoms with Gasteiger partial charge in [0.1, 0.15) is 5.82 Å². The van der Waals surface area contributed by atoms with Gasteiger partial charge in [-0.05, 0) is 59.2 Å². The highest BCUT2D eigenvalue weighted by molar-refractivity contribution is 5.99. The Balaban J connectivity index is 0.00000306. The summed E-state index contributed by atoms with van der Waals surface area (Å²) in [6.07, 6.45) is 1.78. The zero-order valence-corrected chi connectivity index (χ0v) is 20.2. The molecule has 33 heavy (non-hydrogen) atoms. The predicted octanol–water partition coefficient (Wildman–Crippen LogP) is 5.42. The van der Waals surface area contributed by atoms with Gasteiger partial charge in [0.25, 0.3) is 0 Å². The van der Waals surface area contributed by atoms with Gasteiger partial charge in [0.05, 0.1) is 30.0 Å². The van der Waals surface area contributed by atoms with Gasteiger partial charge in [-0.3, -0.25) is 0 Å². The molecule has 0 atom stereocenters. The molecule has 0 aliphatic carbocycles. The highest BCUT2D eigenvalue weighted by Crippen LogP contribution is 2.35. The van der Waals surface area contributed by atoms with E-state index < -0.39 is 5.97 Å². The molecule has 0 bridgehead atoms. The Hall–Kier alpha value is -2.83. The number of nitrogens with two attached hydrogens (primary N) is 1. The quantitative estimate of drug-likeness (QED) is 0.518. The van der Waals surface area contributed by atoms with Crippen LogP contribution in [-0.2, 0) is 11.2 Å². The molecule has 0 radical (unpaired) electrons. The lowest BCUT2D eigenvalue weighted by atomic mass is 9.85. The van der Waals surface area contributed by atoms with Crippen molar-refractivity contribution >= 4 is 40.8 Å². The van der Waals surface area contributed by atoms with Gasteiger partial charge in [0, 0.05) is 18.5 Å². The summed E-state index contributed by atoms with van der Waals surface area (Å²) in [6, 6.07) is 13.5. The fourth-order valence-electron chi connectivity index (χ4n) is 4.23. The predicted molar refractivity (Wildman–Crippen MR) is 137 cm³/mol. The SMILES string of the molecule is CC(C)(C)CCc1cccc(C(=O)O)c1-c1ccc2nc(N)c(N3CCOCC3)cc2c1.Cl. The van der Waals surface area contributed by atoms with Gasteiger partial charge >= 0.3 is 5.97 Å². The average Bonchev–Trinajstić information content (AvgIpc) is 2.76. The van der Waals surface area contributed by atoms with Gasteiger partial charge in [-0.1, -0.05) is 39.0 Å². The number of pyridine rings is 1. The normalized spacial score (nSPS) is 14.2. The number of aryl methyl sites for hydroxylation is 1. The number of carbonyl (C=O) groups is 1. The molecule has 1 saturated heterocycles. The van der Waals surface area contributed by atoms with Crippen molar-refractivity contribution in [2.75, 3.05) is 36.9 Å². The first kappa shape index (κ1) is 24.8. The van der Waals surface area contributed by atoms with Crippen LogP contribution in [0.3, 0.4) is 0 Å². The molecule has 0 amide bonds. The van der Waals surface area contributed by atoms with Crippen molar-refractivity contribution in [2.24, 2.45) is 5.41 Å². The van der Waals surface area contributed by atoms with Crippen LogP contribution < -0.4 is 10.6 Å². The molecule has 1 aliphatic rings. The summed E-state index contributed by atoms with van der Waals surface area (Å²) >= 11 is 0. The maximum Gasteiger partial charge on any atom is 0.336 e. The number of aromatic carboxylic acids is 1. The summed E-state index contributed by atoms with van der Waals surface area (Å²) in [4.78, 5) is 18.9. The van der Waals surface area contributed by atoms with Crippen molar-refractivity contribution in [3.05, 3.63) is 53.6 Å². The number of hydrogen-bond donors (Lipinski definition) is 2. The largest absolute Gasteiger partial charge is 0.478 e. The summed E-state index contributed by atoms with van der Waals surface area (Å²) in [5.41, 5.74) is 11.2. The maximum absolute atomic E-state index is 12.1. The Morgan fingerprint density at radius 2 is 1.88 bits per heavy atom. The molecule has 6 nitrogen and oxygen atoms in total. The number of benzene rings is 2. The summed E-state index contributed by atoms with van der Waals surface area (Å²) in [5, 5.41) is 10.8. The van der Waals surface area contributed by atoms with Crippen LogP contribution >= 0.6 is 12.4 Å². The number of rotatable bonds is 5. The van der Waals surface area contributed by atoms with Crippen molar-refractivity contribution in [3.63, 3.8) is 0 Å². The summed E-state index contributed by atoms with van der Waals surface area (Å²) in [6.45, 7) is 9.49. The van der Waals surface area contributed by atoms with Crippen LogP contribution in [0.1, 0.15) is 43.1 Å². The average molecular weight is 470 g/mol. The second-order valence-electron chi connectivity index (χ2n) is 9.61. The molecule has 0 saturated carbocycles.